The monoisotopic (exact) mass is 416 g/mol. The highest BCUT2D eigenvalue weighted by Crippen LogP contribution is 2.30. The standard InChI is InChI=1S/C20H17BN6O4/c1-12(29)25-15-8-24-27(10-15)20-5-3-14(21(30)31-11-28)7-17(20)13-2-4-16-18(22)9-23-26-19(16)6-13/h2-11,30H,1H3,(H2,22,26)(H,25,29). The summed E-state index contributed by atoms with van der Waals surface area (Å²) < 4.78 is 6.25. The van der Waals surface area contributed by atoms with Gasteiger partial charge in [0.15, 0.2) is 0 Å². The molecule has 0 atom stereocenters. The summed E-state index contributed by atoms with van der Waals surface area (Å²) in [6.07, 6.45) is 4.67. The van der Waals surface area contributed by atoms with Crippen molar-refractivity contribution in [1.82, 2.24) is 20.0 Å². The average molecular weight is 416 g/mol. The van der Waals surface area contributed by atoms with E-state index < -0.39 is 7.12 Å². The molecule has 0 spiro atoms. The molecule has 4 N–H and O–H groups in total. The lowest BCUT2D eigenvalue weighted by Gasteiger charge is -2.14. The summed E-state index contributed by atoms with van der Waals surface area (Å²) in [5.41, 5.74) is 10.1. The number of nitrogen functional groups attached to an aromatic ring is 1. The number of rotatable bonds is 6. The smallest absolute Gasteiger partial charge is 0.508 e. The van der Waals surface area contributed by atoms with Crippen molar-refractivity contribution in [2.75, 3.05) is 11.1 Å². The fourth-order valence-electron chi connectivity index (χ4n) is 3.24. The van der Waals surface area contributed by atoms with Crippen molar-refractivity contribution in [3.05, 3.63) is 55.0 Å². The minimum atomic E-state index is -1.42. The van der Waals surface area contributed by atoms with E-state index >= 15 is 0 Å². The summed E-state index contributed by atoms with van der Waals surface area (Å²) >= 11 is 0. The molecule has 2 aromatic heterocycles. The molecule has 154 valence electrons. The zero-order valence-electron chi connectivity index (χ0n) is 16.4. The van der Waals surface area contributed by atoms with Gasteiger partial charge >= 0.3 is 7.12 Å². The molecule has 31 heavy (non-hydrogen) atoms. The number of carbonyl (C=O) groups is 2. The van der Waals surface area contributed by atoms with Gasteiger partial charge < -0.3 is 20.7 Å². The average Bonchev–Trinajstić information content (AvgIpc) is 3.21. The number of aromatic nitrogens is 4. The normalized spacial score (nSPS) is 10.6. The van der Waals surface area contributed by atoms with Gasteiger partial charge in [0, 0.05) is 17.9 Å². The Morgan fingerprint density at radius 2 is 2.10 bits per heavy atom. The maximum absolute atomic E-state index is 11.3. The number of hydrogen-bond donors (Lipinski definition) is 3. The summed E-state index contributed by atoms with van der Waals surface area (Å²) in [5.74, 6) is -0.213. The second-order valence-electron chi connectivity index (χ2n) is 6.75. The number of carbonyl (C=O) groups excluding carboxylic acids is 2. The Morgan fingerprint density at radius 3 is 2.87 bits per heavy atom. The van der Waals surface area contributed by atoms with E-state index in [1.807, 2.05) is 18.2 Å². The predicted molar refractivity (Wildman–Crippen MR) is 116 cm³/mol. The van der Waals surface area contributed by atoms with Crippen molar-refractivity contribution in [1.29, 1.82) is 0 Å². The van der Waals surface area contributed by atoms with Crippen LogP contribution < -0.4 is 16.5 Å². The highest BCUT2D eigenvalue weighted by molar-refractivity contribution is 6.61. The molecule has 0 saturated heterocycles. The van der Waals surface area contributed by atoms with Gasteiger partial charge in [-0.15, -0.1) is 0 Å². The van der Waals surface area contributed by atoms with E-state index in [1.165, 1.54) is 19.3 Å². The SMILES string of the molecule is CC(=O)Nc1cnn(-c2ccc(B(O)OC=O)cc2-c2ccc3c(N)cnnc3c2)c1. The Labute approximate surface area is 176 Å². The van der Waals surface area contributed by atoms with Gasteiger partial charge in [-0.25, -0.2) is 4.68 Å². The molecule has 0 aliphatic carbocycles. The minimum Gasteiger partial charge on any atom is -0.508 e. The van der Waals surface area contributed by atoms with Crippen LogP contribution in [0.5, 0.6) is 0 Å². The van der Waals surface area contributed by atoms with Gasteiger partial charge in [0.2, 0.25) is 5.91 Å². The van der Waals surface area contributed by atoms with Gasteiger partial charge in [-0.2, -0.15) is 15.3 Å². The van der Waals surface area contributed by atoms with Gasteiger partial charge in [0.25, 0.3) is 6.47 Å². The molecular weight excluding hydrogens is 399 g/mol. The molecule has 10 nitrogen and oxygen atoms in total. The van der Waals surface area contributed by atoms with E-state index in [-0.39, 0.29) is 12.4 Å². The van der Waals surface area contributed by atoms with Crippen molar-refractivity contribution >= 4 is 47.2 Å². The van der Waals surface area contributed by atoms with Crippen molar-refractivity contribution in [3.63, 3.8) is 0 Å². The van der Waals surface area contributed by atoms with Gasteiger partial charge in [0.05, 0.1) is 41.2 Å². The Morgan fingerprint density at radius 1 is 1.26 bits per heavy atom. The van der Waals surface area contributed by atoms with Crippen molar-refractivity contribution in [2.24, 2.45) is 0 Å². The molecule has 11 heteroatoms. The van der Waals surface area contributed by atoms with E-state index in [4.69, 9.17) is 5.73 Å². The second-order valence-corrected chi connectivity index (χ2v) is 6.75. The molecule has 0 bridgehead atoms. The van der Waals surface area contributed by atoms with Crippen LogP contribution in [0, 0.1) is 0 Å². The fourth-order valence-corrected chi connectivity index (χ4v) is 3.24. The summed E-state index contributed by atoms with van der Waals surface area (Å²) in [6, 6.07) is 10.5. The highest BCUT2D eigenvalue weighted by atomic mass is 16.5. The van der Waals surface area contributed by atoms with Crippen molar-refractivity contribution < 1.29 is 19.3 Å². The molecule has 4 aromatic rings. The Hall–Kier alpha value is -4.25. The van der Waals surface area contributed by atoms with E-state index in [1.54, 1.807) is 29.1 Å². The summed E-state index contributed by atoms with van der Waals surface area (Å²) in [6.45, 7) is 1.59. The third-order valence-corrected chi connectivity index (χ3v) is 4.62. The molecule has 0 unspecified atom stereocenters. The molecule has 4 rings (SSSR count). The van der Waals surface area contributed by atoms with Crippen LogP contribution in [0.4, 0.5) is 11.4 Å². The lowest BCUT2D eigenvalue weighted by atomic mass is 9.78. The molecule has 1 amide bonds. The van der Waals surface area contributed by atoms with Crippen LogP contribution >= 0.6 is 0 Å². The number of benzene rings is 2. The topological polar surface area (TPSA) is 145 Å². The first-order valence-electron chi connectivity index (χ1n) is 9.21. The van der Waals surface area contributed by atoms with Crippen LogP contribution in [0.25, 0.3) is 27.7 Å². The first-order valence-corrected chi connectivity index (χ1v) is 9.21. The van der Waals surface area contributed by atoms with Crippen LogP contribution in [-0.2, 0) is 14.2 Å². The number of fused-ring (bicyclic) bond motifs is 1. The van der Waals surface area contributed by atoms with Crippen molar-refractivity contribution in [3.8, 4) is 16.8 Å². The molecular formula is C20H17BN6O4. The van der Waals surface area contributed by atoms with Gasteiger partial charge in [-0.1, -0.05) is 18.2 Å². The van der Waals surface area contributed by atoms with E-state index in [9.17, 15) is 14.6 Å². The van der Waals surface area contributed by atoms with Crippen LogP contribution in [0.3, 0.4) is 0 Å². The predicted octanol–water partition coefficient (Wildman–Crippen LogP) is 0.884. The first kappa shape index (κ1) is 20.0. The largest absolute Gasteiger partial charge is 0.561 e. The van der Waals surface area contributed by atoms with Crippen LogP contribution in [-0.4, -0.2) is 44.5 Å². The van der Waals surface area contributed by atoms with Gasteiger partial charge in [0.1, 0.15) is 0 Å². The summed E-state index contributed by atoms with van der Waals surface area (Å²) in [4.78, 5) is 22.0. The Bertz CT molecular complexity index is 1290. The minimum absolute atomic E-state index is 0.180. The van der Waals surface area contributed by atoms with Crippen LogP contribution in [0.15, 0.2) is 55.0 Å². The quantitative estimate of drug-likeness (QED) is 0.310. The summed E-state index contributed by atoms with van der Waals surface area (Å²) in [5, 5.41) is 25.9. The molecule has 0 saturated carbocycles. The lowest BCUT2D eigenvalue weighted by molar-refractivity contribution is -0.121. The van der Waals surface area contributed by atoms with Crippen molar-refractivity contribution in [2.45, 2.75) is 6.92 Å². The maximum Gasteiger partial charge on any atom is 0.561 e. The van der Waals surface area contributed by atoms with E-state index in [2.05, 4.69) is 25.3 Å². The first-order chi connectivity index (χ1) is 15.0. The maximum atomic E-state index is 11.3. The Kier molecular flexibility index (Phi) is 5.33. The Balaban J connectivity index is 1.87. The van der Waals surface area contributed by atoms with Gasteiger partial charge in [-0.05, 0) is 29.2 Å². The second kappa shape index (κ2) is 8.24. The lowest BCUT2D eigenvalue weighted by Crippen LogP contribution is -2.33. The fraction of sp³-hybridized carbons (Fsp3) is 0.0500. The molecule has 0 aliphatic rings. The number of hydrogen-bond acceptors (Lipinski definition) is 8. The summed E-state index contributed by atoms with van der Waals surface area (Å²) in [7, 11) is -1.42. The number of anilines is 2. The van der Waals surface area contributed by atoms with E-state index in [0.29, 0.717) is 33.6 Å². The molecule has 2 heterocycles. The van der Waals surface area contributed by atoms with Crippen LogP contribution in [0.2, 0.25) is 0 Å². The molecule has 0 aliphatic heterocycles. The third-order valence-electron chi connectivity index (χ3n) is 4.62. The third kappa shape index (κ3) is 4.07. The number of nitrogens with zero attached hydrogens (tertiary/aromatic N) is 4. The number of nitrogens with two attached hydrogens (primary N) is 1. The van der Waals surface area contributed by atoms with Crippen LogP contribution in [0.1, 0.15) is 6.92 Å². The molecule has 0 radical (unpaired) electrons. The zero-order valence-corrected chi connectivity index (χ0v) is 16.4. The molecule has 0 fully saturated rings. The number of amides is 1. The highest BCUT2D eigenvalue weighted by Gasteiger charge is 2.21. The zero-order chi connectivity index (χ0) is 22.0. The molecule has 2 aromatic carbocycles. The van der Waals surface area contributed by atoms with Gasteiger partial charge in [-0.3, -0.25) is 9.59 Å². The number of nitrogens with one attached hydrogen (secondary N) is 1. The van der Waals surface area contributed by atoms with E-state index in [0.717, 1.165) is 10.9 Å².